The molecule has 7 heteroatoms. The van der Waals surface area contributed by atoms with Gasteiger partial charge in [0.1, 0.15) is 12.3 Å². The zero-order chi connectivity index (χ0) is 18.8. The summed E-state index contributed by atoms with van der Waals surface area (Å²) in [5.74, 6) is 1.33. The molecule has 4 rings (SSSR count). The fourth-order valence-corrected chi connectivity index (χ4v) is 3.75. The Morgan fingerprint density at radius 1 is 1.30 bits per heavy atom. The molecule has 0 radical (unpaired) electrons. The Hall–Kier alpha value is -3.09. The molecule has 1 atom stereocenters. The molecule has 2 aromatic rings. The number of likely N-dealkylation sites (tertiary alicyclic amines) is 1. The lowest BCUT2D eigenvalue weighted by Crippen LogP contribution is -2.46. The number of hydrogen-bond donors (Lipinski definition) is 0. The standard InChI is InChI=1S/C20H21N3O4/c1-26-16-8-3-2-6-14(16)15-7-5-11-22(15)18(24)12-23-19(25)13-27-17-9-4-10-21-20(17)23/h2-4,6,8-10,15H,5,7,11-13H2,1H3/t15-/m0/s1. The van der Waals surface area contributed by atoms with Crippen LogP contribution in [0.1, 0.15) is 24.4 Å². The van der Waals surface area contributed by atoms with Crippen LogP contribution in [0.4, 0.5) is 5.82 Å². The van der Waals surface area contributed by atoms with E-state index in [2.05, 4.69) is 4.98 Å². The Labute approximate surface area is 157 Å². The van der Waals surface area contributed by atoms with Gasteiger partial charge in [-0.2, -0.15) is 0 Å². The summed E-state index contributed by atoms with van der Waals surface area (Å²) >= 11 is 0. The molecule has 2 aliphatic rings. The predicted octanol–water partition coefficient (Wildman–Crippen LogP) is 2.18. The van der Waals surface area contributed by atoms with Crippen LogP contribution in [0.2, 0.25) is 0 Å². The highest BCUT2D eigenvalue weighted by atomic mass is 16.5. The minimum atomic E-state index is -0.261. The highest BCUT2D eigenvalue weighted by molar-refractivity contribution is 6.01. The molecule has 1 saturated heterocycles. The summed E-state index contributed by atoms with van der Waals surface area (Å²) in [7, 11) is 1.63. The van der Waals surface area contributed by atoms with Crippen LogP contribution in [-0.2, 0) is 9.59 Å². The van der Waals surface area contributed by atoms with Gasteiger partial charge in [0, 0.05) is 18.3 Å². The average molecular weight is 367 g/mol. The number of pyridine rings is 1. The van der Waals surface area contributed by atoms with Crippen LogP contribution in [0.5, 0.6) is 11.5 Å². The maximum atomic E-state index is 13.1. The molecule has 140 valence electrons. The minimum Gasteiger partial charge on any atom is -0.496 e. The number of carbonyl (C=O) groups excluding carboxylic acids is 2. The second kappa shape index (κ2) is 7.26. The van der Waals surface area contributed by atoms with Gasteiger partial charge in [-0.3, -0.25) is 14.5 Å². The first-order valence-corrected chi connectivity index (χ1v) is 8.99. The van der Waals surface area contributed by atoms with Crippen molar-refractivity contribution in [3.63, 3.8) is 0 Å². The summed E-state index contributed by atoms with van der Waals surface area (Å²) < 4.78 is 10.9. The second-order valence-corrected chi connectivity index (χ2v) is 6.58. The Bertz CT molecular complexity index is 870. The zero-order valence-corrected chi connectivity index (χ0v) is 15.1. The predicted molar refractivity (Wildman–Crippen MR) is 98.8 cm³/mol. The fourth-order valence-electron chi connectivity index (χ4n) is 3.75. The van der Waals surface area contributed by atoms with Gasteiger partial charge in [-0.05, 0) is 31.0 Å². The molecule has 0 N–H and O–H groups in total. The molecule has 0 bridgehead atoms. The molecule has 2 amide bonds. The number of methoxy groups -OCH3 is 1. The van der Waals surface area contributed by atoms with Crippen molar-refractivity contribution in [2.45, 2.75) is 18.9 Å². The number of benzene rings is 1. The van der Waals surface area contributed by atoms with Crippen molar-refractivity contribution in [3.8, 4) is 11.5 Å². The van der Waals surface area contributed by atoms with E-state index in [1.807, 2.05) is 29.2 Å². The number of anilines is 1. The van der Waals surface area contributed by atoms with Crippen LogP contribution in [-0.4, -0.2) is 48.5 Å². The maximum absolute atomic E-state index is 13.1. The topological polar surface area (TPSA) is 72.0 Å². The van der Waals surface area contributed by atoms with Crippen LogP contribution in [0, 0.1) is 0 Å². The Kier molecular flexibility index (Phi) is 4.66. The molecule has 1 aromatic heterocycles. The van der Waals surface area contributed by atoms with Crippen molar-refractivity contribution in [3.05, 3.63) is 48.2 Å². The molecule has 27 heavy (non-hydrogen) atoms. The number of carbonyl (C=O) groups is 2. The van der Waals surface area contributed by atoms with Crippen LogP contribution in [0.3, 0.4) is 0 Å². The lowest BCUT2D eigenvalue weighted by molar-refractivity contribution is -0.132. The van der Waals surface area contributed by atoms with Crippen LogP contribution in [0.25, 0.3) is 0 Å². The van der Waals surface area contributed by atoms with Gasteiger partial charge in [0.05, 0.1) is 13.2 Å². The number of amides is 2. The van der Waals surface area contributed by atoms with Crippen molar-refractivity contribution >= 4 is 17.6 Å². The lowest BCUT2D eigenvalue weighted by Gasteiger charge is -2.31. The van der Waals surface area contributed by atoms with Crippen LogP contribution >= 0.6 is 0 Å². The van der Waals surface area contributed by atoms with Gasteiger partial charge in [0.2, 0.25) is 5.91 Å². The van der Waals surface area contributed by atoms with Gasteiger partial charge in [0.25, 0.3) is 5.91 Å². The molecular formula is C20H21N3O4. The van der Waals surface area contributed by atoms with Crippen LogP contribution < -0.4 is 14.4 Å². The van der Waals surface area contributed by atoms with Gasteiger partial charge in [-0.25, -0.2) is 4.98 Å². The molecule has 1 aromatic carbocycles. The normalized spacial score (nSPS) is 18.9. The van der Waals surface area contributed by atoms with Gasteiger partial charge < -0.3 is 14.4 Å². The molecule has 2 aliphatic heterocycles. The Balaban J connectivity index is 1.57. The molecule has 0 saturated carbocycles. The number of hydrogen-bond acceptors (Lipinski definition) is 5. The maximum Gasteiger partial charge on any atom is 0.266 e. The van der Waals surface area contributed by atoms with E-state index in [0.29, 0.717) is 18.1 Å². The quantitative estimate of drug-likeness (QED) is 0.828. The largest absolute Gasteiger partial charge is 0.496 e. The number of rotatable bonds is 4. The molecule has 3 heterocycles. The molecule has 0 unspecified atom stereocenters. The first-order chi connectivity index (χ1) is 13.2. The van der Waals surface area contributed by atoms with E-state index in [0.717, 1.165) is 24.2 Å². The van der Waals surface area contributed by atoms with Crippen molar-refractivity contribution in [1.29, 1.82) is 0 Å². The molecule has 0 aliphatic carbocycles. The summed E-state index contributed by atoms with van der Waals surface area (Å²) in [6.45, 7) is 0.537. The first kappa shape index (κ1) is 17.3. The highest BCUT2D eigenvalue weighted by Crippen LogP contribution is 2.37. The third-order valence-electron chi connectivity index (χ3n) is 5.02. The number of fused-ring (bicyclic) bond motifs is 1. The molecular weight excluding hydrogens is 346 g/mol. The molecule has 1 fully saturated rings. The van der Waals surface area contributed by atoms with Gasteiger partial charge >= 0.3 is 0 Å². The number of aromatic nitrogens is 1. The second-order valence-electron chi connectivity index (χ2n) is 6.58. The minimum absolute atomic E-state index is 0.0438. The number of ether oxygens (including phenoxy) is 2. The van der Waals surface area contributed by atoms with E-state index in [1.165, 1.54) is 4.90 Å². The lowest BCUT2D eigenvalue weighted by atomic mass is 10.0. The molecule has 0 spiro atoms. The number of nitrogens with zero attached hydrogens (tertiary/aromatic N) is 3. The average Bonchev–Trinajstić information content (AvgIpc) is 3.20. The Morgan fingerprint density at radius 3 is 3.00 bits per heavy atom. The first-order valence-electron chi connectivity index (χ1n) is 8.99. The van der Waals surface area contributed by atoms with Crippen LogP contribution in [0.15, 0.2) is 42.6 Å². The van der Waals surface area contributed by atoms with E-state index in [1.54, 1.807) is 25.4 Å². The van der Waals surface area contributed by atoms with E-state index in [9.17, 15) is 9.59 Å². The third kappa shape index (κ3) is 3.20. The van der Waals surface area contributed by atoms with Gasteiger partial charge in [-0.1, -0.05) is 18.2 Å². The van der Waals surface area contributed by atoms with E-state index < -0.39 is 0 Å². The third-order valence-corrected chi connectivity index (χ3v) is 5.02. The van der Waals surface area contributed by atoms with Gasteiger partial charge in [-0.15, -0.1) is 0 Å². The summed E-state index contributed by atoms with van der Waals surface area (Å²) in [5.41, 5.74) is 0.998. The van der Waals surface area contributed by atoms with Gasteiger partial charge in [0.15, 0.2) is 18.2 Å². The van der Waals surface area contributed by atoms with E-state index >= 15 is 0 Å². The Morgan fingerprint density at radius 2 is 2.15 bits per heavy atom. The summed E-state index contributed by atoms with van der Waals surface area (Å²) in [6, 6.07) is 11.2. The van der Waals surface area contributed by atoms with Crippen molar-refractivity contribution < 1.29 is 19.1 Å². The molecule has 7 nitrogen and oxygen atoms in total. The van der Waals surface area contributed by atoms with Crippen molar-refractivity contribution in [2.75, 3.05) is 31.7 Å². The highest BCUT2D eigenvalue weighted by Gasteiger charge is 2.35. The number of para-hydroxylation sites is 1. The summed E-state index contributed by atoms with van der Waals surface area (Å²) in [6.07, 6.45) is 3.38. The van der Waals surface area contributed by atoms with E-state index in [-0.39, 0.29) is 31.0 Å². The smallest absolute Gasteiger partial charge is 0.266 e. The van der Waals surface area contributed by atoms with Crippen molar-refractivity contribution in [2.24, 2.45) is 0 Å². The summed E-state index contributed by atoms with van der Waals surface area (Å²) in [5, 5.41) is 0. The van der Waals surface area contributed by atoms with E-state index in [4.69, 9.17) is 9.47 Å². The SMILES string of the molecule is COc1ccccc1[C@@H]1CCCN1C(=O)CN1C(=O)COc2cccnc21. The van der Waals surface area contributed by atoms with Crippen molar-refractivity contribution in [1.82, 2.24) is 9.88 Å². The fraction of sp³-hybridized carbons (Fsp3) is 0.350. The zero-order valence-electron chi connectivity index (χ0n) is 15.1. The monoisotopic (exact) mass is 367 g/mol. The summed E-state index contributed by atoms with van der Waals surface area (Å²) in [4.78, 5) is 32.9.